The van der Waals surface area contributed by atoms with Gasteiger partial charge in [0, 0.05) is 11.3 Å². The molecule has 2 aromatic carbocycles. The van der Waals surface area contributed by atoms with Crippen molar-refractivity contribution in [1.82, 2.24) is 0 Å². The van der Waals surface area contributed by atoms with Crippen LogP contribution in [-0.2, 0) is 4.79 Å². The molecular formula is C16H17NO2S. The lowest BCUT2D eigenvalue weighted by molar-refractivity contribution is -0.116. The molecule has 0 atom stereocenters. The number of benzene rings is 2. The molecule has 0 aliphatic carbocycles. The van der Waals surface area contributed by atoms with Crippen LogP contribution in [-0.4, -0.2) is 12.5 Å². The molecule has 0 aromatic heterocycles. The smallest absolute Gasteiger partial charge is 0.224 e. The highest BCUT2D eigenvalue weighted by Crippen LogP contribution is 2.18. The van der Waals surface area contributed by atoms with Crippen molar-refractivity contribution in [2.45, 2.75) is 17.7 Å². The molecule has 0 fully saturated rings. The molecule has 20 heavy (non-hydrogen) atoms. The summed E-state index contributed by atoms with van der Waals surface area (Å²) >= 11 is 4.29. The fourth-order valence-corrected chi connectivity index (χ4v) is 1.95. The molecule has 0 aliphatic rings. The lowest BCUT2D eigenvalue weighted by Crippen LogP contribution is -2.13. The number of thiol groups is 1. The van der Waals surface area contributed by atoms with Crippen molar-refractivity contribution >= 4 is 24.2 Å². The molecule has 2 aromatic rings. The normalized spacial score (nSPS) is 10.1. The van der Waals surface area contributed by atoms with E-state index in [1.165, 1.54) is 0 Å². The van der Waals surface area contributed by atoms with Crippen molar-refractivity contribution < 1.29 is 9.53 Å². The van der Waals surface area contributed by atoms with E-state index >= 15 is 0 Å². The Hall–Kier alpha value is -1.94. The standard InChI is InChI=1S/C16H17NO2S/c18-16(17-14-9-4-5-10-15(14)20)11-6-12-19-13-7-2-1-3-8-13/h1-5,7-10,20H,6,11-12H2,(H,17,18). The van der Waals surface area contributed by atoms with Gasteiger partial charge in [-0.05, 0) is 30.7 Å². The highest BCUT2D eigenvalue weighted by atomic mass is 32.1. The van der Waals surface area contributed by atoms with Crippen LogP contribution in [0.4, 0.5) is 5.69 Å². The van der Waals surface area contributed by atoms with Gasteiger partial charge in [0.05, 0.1) is 12.3 Å². The molecule has 0 saturated carbocycles. The number of hydrogen-bond acceptors (Lipinski definition) is 3. The largest absolute Gasteiger partial charge is 0.494 e. The fourth-order valence-electron chi connectivity index (χ4n) is 1.73. The number of hydrogen-bond donors (Lipinski definition) is 2. The lowest BCUT2D eigenvalue weighted by atomic mass is 10.2. The van der Waals surface area contributed by atoms with Crippen LogP contribution in [0, 0.1) is 0 Å². The summed E-state index contributed by atoms with van der Waals surface area (Å²) in [6.45, 7) is 0.528. The summed E-state index contributed by atoms with van der Waals surface area (Å²) < 4.78 is 5.54. The highest BCUT2D eigenvalue weighted by Gasteiger charge is 2.04. The summed E-state index contributed by atoms with van der Waals surface area (Å²) in [6, 6.07) is 17.0. The molecule has 0 heterocycles. The van der Waals surface area contributed by atoms with Crippen LogP contribution >= 0.6 is 12.6 Å². The quantitative estimate of drug-likeness (QED) is 0.627. The first-order chi connectivity index (χ1) is 9.75. The van der Waals surface area contributed by atoms with E-state index in [0.29, 0.717) is 19.4 Å². The first-order valence-corrected chi connectivity index (χ1v) is 6.96. The maximum atomic E-state index is 11.8. The molecule has 0 spiro atoms. The number of carbonyl (C=O) groups excluding carboxylic acids is 1. The van der Waals surface area contributed by atoms with E-state index < -0.39 is 0 Å². The second-order valence-corrected chi connectivity index (χ2v) is 4.81. The van der Waals surface area contributed by atoms with Crippen molar-refractivity contribution in [3.63, 3.8) is 0 Å². The Labute approximate surface area is 124 Å². The van der Waals surface area contributed by atoms with E-state index in [2.05, 4.69) is 17.9 Å². The van der Waals surface area contributed by atoms with Gasteiger partial charge in [-0.2, -0.15) is 0 Å². The first-order valence-electron chi connectivity index (χ1n) is 6.51. The van der Waals surface area contributed by atoms with Crippen LogP contribution in [0.1, 0.15) is 12.8 Å². The van der Waals surface area contributed by atoms with Crippen LogP contribution in [0.25, 0.3) is 0 Å². The van der Waals surface area contributed by atoms with Crippen LogP contribution in [0.15, 0.2) is 59.5 Å². The van der Waals surface area contributed by atoms with Gasteiger partial charge >= 0.3 is 0 Å². The molecule has 104 valence electrons. The van der Waals surface area contributed by atoms with E-state index in [1.54, 1.807) is 0 Å². The molecule has 1 amide bonds. The van der Waals surface area contributed by atoms with Crippen LogP contribution in [0.3, 0.4) is 0 Å². The average molecular weight is 287 g/mol. The maximum Gasteiger partial charge on any atom is 0.224 e. The minimum absolute atomic E-state index is 0.0249. The van der Waals surface area contributed by atoms with Crippen molar-refractivity contribution in [3.05, 3.63) is 54.6 Å². The summed E-state index contributed by atoms with van der Waals surface area (Å²) in [7, 11) is 0. The number of anilines is 1. The van der Waals surface area contributed by atoms with Crippen molar-refractivity contribution in [2.75, 3.05) is 11.9 Å². The van der Waals surface area contributed by atoms with Gasteiger partial charge in [0.2, 0.25) is 5.91 Å². The van der Waals surface area contributed by atoms with E-state index in [-0.39, 0.29) is 5.91 Å². The third-order valence-electron chi connectivity index (χ3n) is 2.74. The Morgan fingerprint density at radius 2 is 1.75 bits per heavy atom. The van der Waals surface area contributed by atoms with Crippen molar-refractivity contribution in [2.24, 2.45) is 0 Å². The topological polar surface area (TPSA) is 38.3 Å². The predicted octanol–water partition coefficient (Wildman–Crippen LogP) is 3.77. The van der Waals surface area contributed by atoms with Gasteiger partial charge in [0.25, 0.3) is 0 Å². The molecule has 4 heteroatoms. The van der Waals surface area contributed by atoms with E-state index in [1.807, 2.05) is 54.6 Å². The first kappa shape index (κ1) is 14.5. The lowest BCUT2D eigenvalue weighted by Gasteiger charge is -2.08. The predicted molar refractivity (Wildman–Crippen MR) is 83.5 cm³/mol. The fraction of sp³-hybridized carbons (Fsp3) is 0.188. The Morgan fingerprint density at radius 1 is 1.05 bits per heavy atom. The van der Waals surface area contributed by atoms with Gasteiger partial charge in [0.15, 0.2) is 0 Å². The van der Waals surface area contributed by atoms with E-state index in [0.717, 1.165) is 16.3 Å². The Kier molecular flexibility index (Phi) is 5.50. The SMILES string of the molecule is O=C(CCCOc1ccccc1)Nc1ccccc1S. The molecule has 2 rings (SSSR count). The zero-order chi connectivity index (χ0) is 14.2. The van der Waals surface area contributed by atoms with Gasteiger partial charge in [-0.1, -0.05) is 30.3 Å². The number of nitrogens with one attached hydrogen (secondary N) is 1. The molecule has 0 radical (unpaired) electrons. The monoisotopic (exact) mass is 287 g/mol. The summed E-state index contributed by atoms with van der Waals surface area (Å²) in [6.07, 6.45) is 1.10. The molecule has 1 N–H and O–H groups in total. The van der Waals surface area contributed by atoms with Gasteiger partial charge in [-0.25, -0.2) is 0 Å². The Balaban J connectivity index is 1.69. The highest BCUT2D eigenvalue weighted by molar-refractivity contribution is 7.80. The number of ether oxygens (including phenoxy) is 1. The Morgan fingerprint density at radius 3 is 2.50 bits per heavy atom. The third-order valence-corrected chi connectivity index (χ3v) is 3.13. The van der Waals surface area contributed by atoms with Gasteiger partial charge < -0.3 is 10.1 Å². The third kappa shape index (κ3) is 4.63. The molecule has 0 unspecified atom stereocenters. The molecular weight excluding hydrogens is 270 g/mol. The maximum absolute atomic E-state index is 11.8. The molecule has 0 saturated heterocycles. The summed E-state index contributed by atoms with van der Waals surface area (Å²) in [5.41, 5.74) is 0.741. The van der Waals surface area contributed by atoms with E-state index in [9.17, 15) is 4.79 Å². The van der Waals surface area contributed by atoms with Crippen molar-refractivity contribution in [1.29, 1.82) is 0 Å². The van der Waals surface area contributed by atoms with Crippen LogP contribution < -0.4 is 10.1 Å². The summed E-state index contributed by atoms with van der Waals surface area (Å²) in [5.74, 6) is 0.803. The number of rotatable bonds is 6. The second kappa shape index (κ2) is 7.60. The van der Waals surface area contributed by atoms with E-state index in [4.69, 9.17) is 4.74 Å². The molecule has 3 nitrogen and oxygen atoms in total. The van der Waals surface area contributed by atoms with Gasteiger partial charge in [-0.3, -0.25) is 4.79 Å². The Bertz CT molecular complexity index is 557. The van der Waals surface area contributed by atoms with Crippen molar-refractivity contribution in [3.8, 4) is 5.75 Å². The zero-order valence-corrected chi connectivity index (χ0v) is 12.0. The number of amides is 1. The number of carbonyl (C=O) groups is 1. The molecule has 0 aliphatic heterocycles. The summed E-state index contributed by atoms with van der Waals surface area (Å²) in [4.78, 5) is 12.5. The zero-order valence-electron chi connectivity index (χ0n) is 11.1. The minimum Gasteiger partial charge on any atom is -0.494 e. The summed E-state index contributed by atoms with van der Waals surface area (Å²) in [5, 5.41) is 2.84. The number of para-hydroxylation sites is 2. The average Bonchev–Trinajstić information content (AvgIpc) is 2.47. The van der Waals surface area contributed by atoms with Gasteiger partial charge in [0.1, 0.15) is 5.75 Å². The second-order valence-electron chi connectivity index (χ2n) is 4.33. The molecule has 0 bridgehead atoms. The van der Waals surface area contributed by atoms with Crippen LogP contribution in [0.5, 0.6) is 5.75 Å². The van der Waals surface area contributed by atoms with Crippen LogP contribution in [0.2, 0.25) is 0 Å². The minimum atomic E-state index is -0.0249. The van der Waals surface area contributed by atoms with Gasteiger partial charge in [-0.15, -0.1) is 12.6 Å².